The normalized spacial score (nSPS) is 17.0. The minimum Gasteiger partial charge on any atom is -0.352 e. The highest BCUT2D eigenvalue weighted by Gasteiger charge is 2.20. The molecule has 146 valence electrons. The molecule has 1 fully saturated rings. The number of hydrogen-bond acceptors (Lipinski definition) is 2. The molecule has 2 aromatic rings. The molecule has 5 heteroatoms. The summed E-state index contributed by atoms with van der Waals surface area (Å²) in [5.41, 5.74) is 5.23. The van der Waals surface area contributed by atoms with E-state index >= 15 is 0 Å². The van der Waals surface area contributed by atoms with Gasteiger partial charge < -0.3 is 15.1 Å². The molecule has 0 saturated carbocycles. The van der Waals surface area contributed by atoms with E-state index in [1.165, 1.54) is 22.3 Å². The maximum Gasteiger partial charge on any atom is 0.222 e. The first-order chi connectivity index (χ1) is 13.7. The van der Waals surface area contributed by atoms with E-state index in [-0.39, 0.29) is 5.91 Å². The summed E-state index contributed by atoms with van der Waals surface area (Å²) in [7, 11) is 1.85. The van der Waals surface area contributed by atoms with E-state index in [1.807, 2.05) is 11.9 Å². The van der Waals surface area contributed by atoms with Crippen molar-refractivity contribution in [3.05, 3.63) is 70.8 Å². The van der Waals surface area contributed by atoms with Crippen LogP contribution in [0.15, 0.2) is 53.5 Å². The molecular formula is C23H28N4O. The fraction of sp³-hybridized carbons (Fsp3) is 0.391. The van der Waals surface area contributed by atoms with E-state index in [9.17, 15) is 4.79 Å². The molecule has 2 heterocycles. The Bertz CT molecular complexity index is 876. The molecule has 0 radical (unpaired) electrons. The van der Waals surface area contributed by atoms with Gasteiger partial charge in [0, 0.05) is 46.2 Å². The Morgan fingerprint density at radius 2 is 1.86 bits per heavy atom. The molecule has 5 nitrogen and oxygen atoms in total. The minimum atomic E-state index is 0.273. The van der Waals surface area contributed by atoms with Crippen molar-refractivity contribution in [3.8, 4) is 0 Å². The largest absolute Gasteiger partial charge is 0.352 e. The molecule has 1 amide bonds. The third kappa shape index (κ3) is 4.19. The van der Waals surface area contributed by atoms with Gasteiger partial charge in [0.15, 0.2) is 5.96 Å². The Hall–Kier alpha value is -2.82. The molecule has 0 unspecified atom stereocenters. The van der Waals surface area contributed by atoms with Gasteiger partial charge in [-0.1, -0.05) is 48.5 Å². The smallest absolute Gasteiger partial charge is 0.222 e. The highest BCUT2D eigenvalue weighted by atomic mass is 16.2. The number of guanidine groups is 1. The Morgan fingerprint density at radius 3 is 2.64 bits per heavy atom. The third-order valence-corrected chi connectivity index (χ3v) is 5.63. The van der Waals surface area contributed by atoms with Gasteiger partial charge in [0.2, 0.25) is 5.91 Å². The number of likely N-dealkylation sites (tertiary alicyclic amines) is 1. The van der Waals surface area contributed by atoms with Crippen LogP contribution >= 0.6 is 0 Å². The predicted octanol–water partition coefficient (Wildman–Crippen LogP) is 2.94. The van der Waals surface area contributed by atoms with Gasteiger partial charge in [-0.25, -0.2) is 0 Å². The molecule has 2 aliphatic rings. The lowest BCUT2D eigenvalue weighted by atomic mass is 10.0. The van der Waals surface area contributed by atoms with Crippen molar-refractivity contribution in [1.29, 1.82) is 0 Å². The number of nitrogens with one attached hydrogen (secondary N) is 1. The van der Waals surface area contributed by atoms with Crippen molar-refractivity contribution >= 4 is 11.9 Å². The minimum absolute atomic E-state index is 0.273. The second kappa shape index (κ2) is 8.46. The maximum absolute atomic E-state index is 11.9. The molecule has 2 aromatic carbocycles. The lowest BCUT2D eigenvalue weighted by Crippen LogP contribution is -2.43. The standard InChI is InChI=1S/C23H28N4O/c1-24-23(27-13-11-20-8-2-3-9-21(20)17-27)25-15-18-6-4-7-19(14-18)16-26-12-5-10-22(26)28/h2-4,6-9,14H,5,10-13,15-17H2,1H3,(H,24,25). The van der Waals surface area contributed by atoms with Crippen molar-refractivity contribution in [2.45, 2.75) is 38.9 Å². The Kier molecular flexibility index (Phi) is 5.60. The van der Waals surface area contributed by atoms with E-state index in [1.54, 1.807) is 0 Å². The van der Waals surface area contributed by atoms with E-state index < -0.39 is 0 Å². The molecule has 2 aliphatic heterocycles. The molecule has 4 rings (SSSR count). The van der Waals surface area contributed by atoms with Gasteiger partial charge >= 0.3 is 0 Å². The van der Waals surface area contributed by atoms with Gasteiger partial charge in [-0.15, -0.1) is 0 Å². The summed E-state index contributed by atoms with van der Waals surface area (Å²) < 4.78 is 0. The molecule has 0 aromatic heterocycles. The quantitative estimate of drug-likeness (QED) is 0.659. The number of fused-ring (bicyclic) bond motifs is 1. The summed E-state index contributed by atoms with van der Waals surface area (Å²) in [5.74, 6) is 1.21. The second-order valence-corrected chi connectivity index (χ2v) is 7.58. The number of rotatable bonds is 4. The lowest BCUT2D eigenvalue weighted by molar-refractivity contribution is -0.128. The average Bonchev–Trinajstić information content (AvgIpc) is 3.13. The first-order valence-corrected chi connectivity index (χ1v) is 10.1. The first-order valence-electron chi connectivity index (χ1n) is 10.1. The number of nitrogens with zero attached hydrogens (tertiary/aromatic N) is 3. The van der Waals surface area contributed by atoms with Crippen LogP contribution in [0.1, 0.15) is 35.1 Å². The number of carbonyl (C=O) groups excluding carboxylic acids is 1. The Labute approximate surface area is 167 Å². The lowest BCUT2D eigenvalue weighted by Gasteiger charge is -2.31. The fourth-order valence-electron chi connectivity index (χ4n) is 4.12. The molecule has 0 spiro atoms. The second-order valence-electron chi connectivity index (χ2n) is 7.58. The van der Waals surface area contributed by atoms with Crippen LogP contribution < -0.4 is 5.32 Å². The molecule has 0 atom stereocenters. The van der Waals surface area contributed by atoms with Crippen molar-refractivity contribution in [2.24, 2.45) is 4.99 Å². The molecule has 1 N–H and O–H groups in total. The predicted molar refractivity (Wildman–Crippen MR) is 112 cm³/mol. The van der Waals surface area contributed by atoms with Crippen LogP contribution in [0.3, 0.4) is 0 Å². The van der Waals surface area contributed by atoms with Crippen LogP contribution in [0, 0.1) is 0 Å². The molecular weight excluding hydrogens is 348 g/mol. The summed E-state index contributed by atoms with van der Waals surface area (Å²) >= 11 is 0. The summed E-state index contributed by atoms with van der Waals surface area (Å²) in [6.45, 7) is 4.20. The van der Waals surface area contributed by atoms with Crippen molar-refractivity contribution < 1.29 is 4.79 Å². The van der Waals surface area contributed by atoms with Crippen LogP contribution in [0.5, 0.6) is 0 Å². The Morgan fingerprint density at radius 1 is 1.04 bits per heavy atom. The molecule has 0 aliphatic carbocycles. The van der Waals surface area contributed by atoms with Gasteiger partial charge in [-0.2, -0.15) is 0 Å². The molecule has 28 heavy (non-hydrogen) atoms. The maximum atomic E-state index is 11.9. The zero-order valence-electron chi connectivity index (χ0n) is 16.5. The van der Waals surface area contributed by atoms with E-state index in [4.69, 9.17) is 0 Å². The number of hydrogen-bond donors (Lipinski definition) is 1. The summed E-state index contributed by atoms with van der Waals surface area (Å²) in [5, 5.41) is 3.51. The number of benzene rings is 2. The highest BCUT2D eigenvalue weighted by Crippen LogP contribution is 2.19. The Balaban J connectivity index is 1.37. The summed E-state index contributed by atoms with van der Waals surface area (Å²) in [6, 6.07) is 17.1. The zero-order chi connectivity index (χ0) is 19.3. The van der Waals surface area contributed by atoms with Gasteiger partial charge in [-0.3, -0.25) is 9.79 Å². The number of carbonyl (C=O) groups is 1. The van der Waals surface area contributed by atoms with Crippen LogP contribution in [-0.4, -0.2) is 41.8 Å². The zero-order valence-corrected chi connectivity index (χ0v) is 16.5. The van der Waals surface area contributed by atoms with Crippen molar-refractivity contribution in [3.63, 3.8) is 0 Å². The van der Waals surface area contributed by atoms with E-state index in [2.05, 4.69) is 63.7 Å². The van der Waals surface area contributed by atoms with Crippen molar-refractivity contribution in [2.75, 3.05) is 20.1 Å². The monoisotopic (exact) mass is 376 g/mol. The summed E-state index contributed by atoms with van der Waals surface area (Å²) in [4.78, 5) is 20.6. The highest BCUT2D eigenvalue weighted by molar-refractivity contribution is 5.80. The summed E-state index contributed by atoms with van der Waals surface area (Å²) in [6.07, 6.45) is 2.72. The SMILES string of the molecule is CN=C(NCc1cccc(CN2CCCC2=O)c1)N1CCc2ccccc2C1. The van der Waals surface area contributed by atoms with E-state index in [0.29, 0.717) is 13.0 Å². The van der Waals surface area contributed by atoms with Crippen molar-refractivity contribution in [1.82, 2.24) is 15.1 Å². The van der Waals surface area contributed by atoms with Gasteiger partial charge in [0.05, 0.1) is 0 Å². The molecule has 1 saturated heterocycles. The first kappa shape index (κ1) is 18.5. The van der Waals surface area contributed by atoms with Gasteiger partial charge in [0.25, 0.3) is 0 Å². The van der Waals surface area contributed by atoms with Crippen LogP contribution in [-0.2, 0) is 30.8 Å². The van der Waals surface area contributed by atoms with Gasteiger partial charge in [0.1, 0.15) is 0 Å². The fourth-order valence-corrected chi connectivity index (χ4v) is 4.12. The number of aliphatic imine (C=N–C) groups is 1. The third-order valence-electron chi connectivity index (χ3n) is 5.63. The van der Waals surface area contributed by atoms with Crippen LogP contribution in [0.2, 0.25) is 0 Å². The van der Waals surface area contributed by atoms with E-state index in [0.717, 1.165) is 45.0 Å². The molecule has 0 bridgehead atoms. The number of amides is 1. The van der Waals surface area contributed by atoms with Crippen LogP contribution in [0.25, 0.3) is 0 Å². The average molecular weight is 377 g/mol. The topological polar surface area (TPSA) is 47.9 Å². The van der Waals surface area contributed by atoms with Gasteiger partial charge in [-0.05, 0) is 35.1 Å². The van der Waals surface area contributed by atoms with Crippen LogP contribution in [0.4, 0.5) is 0 Å².